The fourth-order valence-corrected chi connectivity index (χ4v) is 2.51. The Morgan fingerprint density at radius 1 is 1.38 bits per heavy atom. The van der Waals surface area contributed by atoms with Gasteiger partial charge in [0.25, 0.3) is 0 Å². The minimum absolute atomic E-state index is 0.0287. The lowest BCUT2D eigenvalue weighted by Gasteiger charge is -2.11. The Hall–Kier alpha value is 0.200. The van der Waals surface area contributed by atoms with Crippen molar-refractivity contribution in [3.8, 4) is 0 Å². The summed E-state index contributed by atoms with van der Waals surface area (Å²) < 4.78 is 25.2. The first-order valence-electron chi connectivity index (χ1n) is 4.57. The first-order chi connectivity index (χ1) is 6.02. The van der Waals surface area contributed by atoms with Crippen LogP contribution in [0.2, 0.25) is 0 Å². The van der Waals surface area contributed by atoms with Crippen LogP contribution in [0.15, 0.2) is 0 Å². The van der Waals surface area contributed by atoms with E-state index in [1.807, 2.05) is 13.8 Å². The molecule has 1 unspecified atom stereocenters. The van der Waals surface area contributed by atoms with Gasteiger partial charge in [-0.1, -0.05) is 6.92 Å². The number of halogens is 1. The highest BCUT2D eigenvalue weighted by atomic mass is 35.5. The Labute approximate surface area is 85.9 Å². The summed E-state index contributed by atoms with van der Waals surface area (Å²) in [5, 5.41) is 0. The lowest BCUT2D eigenvalue weighted by atomic mass is 10.3. The van der Waals surface area contributed by atoms with Crippen LogP contribution in [0.5, 0.6) is 0 Å². The van der Waals surface area contributed by atoms with Gasteiger partial charge in [-0.25, -0.2) is 13.1 Å². The molecule has 0 saturated heterocycles. The van der Waals surface area contributed by atoms with Crippen molar-refractivity contribution in [3.63, 3.8) is 0 Å². The van der Waals surface area contributed by atoms with Gasteiger partial charge in [-0.15, -0.1) is 11.6 Å². The van der Waals surface area contributed by atoms with E-state index in [-0.39, 0.29) is 11.8 Å². The quantitative estimate of drug-likeness (QED) is 0.532. The zero-order valence-electron chi connectivity index (χ0n) is 8.22. The summed E-state index contributed by atoms with van der Waals surface area (Å²) >= 11 is 5.45. The Morgan fingerprint density at radius 3 is 2.46 bits per heavy atom. The number of alkyl halides is 1. The standard InChI is InChI=1S/C8H18ClNO2S/c1-3-8(2)10-13(11,12)7-5-4-6-9/h8,10H,3-7H2,1-2H3. The fourth-order valence-electron chi connectivity index (χ4n) is 0.835. The molecule has 0 saturated carbocycles. The van der Waals surface area contributed by atoms with Crippen LogP contribution in [-0.2, 0) is 10.0 Å². The summed E-state index contributed by atoms with van der Waals surface area (Å²) in [6.07, 6.45) is 2.20. The van der Waals surface area contributed by atoms with Crippen molar-refractivity contribution in [3.05, 3.63) is 0 Å². The minimum Gasteiger partial charge on any atom is -0.212 e. The number of nitrogens with one attached hydrogen (secondary N) is 1. The van der Waals surface area contributed by atoms with Gasteiger partial charge in [-0.2, -0.15) is 0 Å². The van der Waals surface area contributed by atoms with Crippen molar-refractivity contribution in [2.24, 2.45) is 0 Å². The molecule has 3 nitrogen and oxygen atoms in total. The van der Waals surface area contributed by atoms with Crippen molar-refractivity contribution >= 4 is 21.6 Å². The molecule has 0 aromatic carbocycles. The zero-order valence-corrected chi connectivity index (χ0v) is 9.79. The molecule has 0 aromatic heterocycles. The molecule has 0 radical (unpaired) electrons. The summed E-state index contributed by atoms with van der Waals surface area (Å²) in [5.41, 5.74) is 0. The Morgan fingerprint density at radius 2 is 2.00 bits per heavy atom. The van der Waals surface area contributed by atoms with Crippen molar-refractivity contribution in [1.82, 2.24) is 4.72 Å². The van der Waals surface area contributed by atoms with Crippen LogP contribution >= 0.6 is 11.6 Å². The molecule has 0 aliphatic carbocycles. The third-order valence-corrected chi connectivity index (χ3v) is 3.64. The van der Waals surface area contributed by atoms with Crippen LogP contribution in [0.1, 0.15) is 33.1 Å². The third-order valence-electron chi connectivity index (χ3n) is 1.79. The second-order valence-corrected chi connectivity index (χ2v) is 5.39. The molecular formula is C8H18ClNO2S. The van der Waals surface area contributed by atoms with Gasteiger partial charge in [-0.05, 0) is 26.2 Å². The largest absolute Gasteiger partial charge is 0.212 e. The van der Waals surface area contributed by atoms with Crippen LogP contribution in [-0.4, -0.2) is 26.1 Å². The van der Waals surface area contributed by atoms with Crippen molar-refractivity contribution in [1.29, 1.82) is 0 Å². The van der Waals surface area contributed by atoms with Crippen LogP contribution in [0.25, 0.3) is 0 Å². The highest BCUT2D eigenvalue weighted by Gasteiger charge is 2.11. The van der Waals surface area contributed by atoms with Gasteiger partial charge in [0.05, 0.1) is 5.75 Å². The zero-order chi connectivity index (χ0) is 10.3. The number of unbranched alkanes of at least 4 members (excludes halogenated alkanes) is 1. The summed E-state index contributed by atoms with van der Waals surface area (Å²) in [5.74, 6) is 0.711. The molecule has 0 amide bonds. The highest BCUT2D eigenvalue weighted by molar-refractivity contribution is 7.89. The van der Waals surface area contributed by atoms with Crippen LogP contribution < -0.4 is 4.72 Å². The molecule has 1 atom stereocenters. The molecule has 0 spiro atoms. The number of hydrogen-bond acceptors (Lipinski definition) is 2. The lowest BCUT2D eigenvalue weighted by Crippen LogP contribution is -2.33. The van der Waals surface area contributed by atoms with E-state index in [9.17, 15) is 8.42 Å². The summed E-state index contributed by atoms with van der Waals surface area (Å²) in [7, 11) is -3.07. The topological polar surface area (TPSA) is 46.2 Å². The molecule has 80 valence electrons. The minimum atomic E-state index is -3.07. The lowest BCUT2D eigenvalue weighted by molar-refractivity contribution is 0.553. The van der Waals surface area contributed by atoms with Crippen molar-refractivity contribution in [2.75, 3.05) is 11.6 Å². The highest BCUT2D eigenvalue weighted by Crippen LogP contribution is 1.99. The van der Waals surface area contributed by atoms with Crippen molar-refractivity contribution < 1.29 is 8.42 Å². The van der Waals surface area contributed by atoms with E-state index in [4.69, 9.17) is 11.6 Å². The number of sulfonamides is 1. The first kappa shape index (κ1) is 13.2. The Kier molecular flexibility index (Phi) is 6.73. The summed E-state index contributed by atoms with van der Waals surface area (Å²) in [4.78, 5) is 0. The summed E-state index contributed by atoms with van der Waals surface area (Å²) in [6.45, 7) is 3.81. The van der Waals surface area contributed by atoms with Crippen LogP contribution in [0, 0.1) is 0 Å². The second kappa shape index (κ2) is 6.62. The van der Waals surface area contributed by atoms with E-state index < -0.39 is 10.0 Å². The Balaban J connectivity index is 3.81. The SMILES string of the molecule is CCC(C)NS(=O)(=O)CCCCCl. The van der Waals surface area contributed by atoms with E-state index >= 15 is 0 Å². The number of rotatable bonds is 7. The molecule has 1 N–H and O–H groups in total. The molecule has 0 aliphatic rings. The predicted octanol–water partition coefficient (Wildman–Crippen LogP) is 1.72. The van der Waals surface area contributed by atoms with E-state index in [1.165, 1.54) is 0 Å². The van der Waals surface area contributed by atoms with E-state index in [0.29, 0.717) is 12.3 Å². The fraction of sp³-hybridized carbons (Fsp3) is 1.00. The molecular weight excluding hydrogens is 210 g/mol. The summed E-state index contributed by atoms with van der Waals surface area (Å²) in [6, 6.07) is 0.0287. The van der Waals surface area contributed by atoms with Gasteiger partial charge in [0, 0.05) is 11.9 Å². The third kappa shape index (κ3) is 7.28. The van der Waals surface area contributed by atoms with E-state index in [2.05, 4.69) is 4.72 Å². The maximum absolute atomic E-state index is 11.3. The van der Waals surface area contributed by atoms with Crippen LogP contribution in [0.4, 0.5) is 0 Å². The molecule has 0 fully saturated rings. The van der Waals surface area contributed by atoms with E-state index in [0.717, 1.165) is 12.8 Å². The monoisotopic (exact) mass is 227 g/mol. The average Bonchev–Trinajstić information content (AvgIpc) is 2.03. The van der Waals surface area contributed by atoms with Gasteiger partial charge in [0.2, 0.25) is 10.0 Å². The van der Waals surface area contributed by atoms with Gasteiger partial charge >= 0.3 is 0 Å². The first-order valence-corrected chi connectivity index (χ1v) is 6.76. The molecule has 5 heteroatoms. The second-order valence-electron chi connectivity index (χ2n) is 3.14. The van der Waals surface area contributed by atoms with E-state index in [1.54, 1.807) is 0 Å². The van der Waals surface area contributed by atoms with Gasteiger partial charge in [0.15, 0.2) is 0 Å². The van der Waals surface area contributed by atoms with Gasteiger partial charge < -0.3 is 0 Å². The maximum atomic E-state index is 11.3. The molecule has 0 aliphatic heterocycles. The Bertz CT molecular complexity index is 216. The molecule has 0 rings (SSSR count). The molecule has 13 heavy (non-hydrogen) atoms. The predicted molar refractivity (Wildman–Crippen MR) is 56.6 cm³/mol. The molecule has 0 aromatic rings. The maximum Gasteiger partial charge on any atom is 0.211 e. The smallest absolute Gasteiger partial charge is 0.211 e. The van der Waals surface area contributed by atoms with Gasteiger partial charge in [-0.3, -0.25) is 0 Å². The number of hydrogen-bond donors (Lipinski definition) is 1. The average molecular weight is 228 g/mol. The molecule has 0 heterocycles. The van der Waals surface area contributed by atoms with Gasteiger partial charge in [0.1, 0.15) is 0 Å². The van der Waals surface area contributed by atoms with Crippen molar-refractivity contribution in [2.45, 2.75) is 39.2 Å². The molecule has 0 bridgehead atoms. The normalized spacial score (nSPS) is 14.4. The van der Waals surface area contributed by atoms with Crippen LogP contribution in [0.3, 0.4) is 0 Å².